The first-order valence-corrected chi connectivity index (χ1v) is 5.22. The zero-order valence-corrected chi connectivity index (χ0v) is 9.09. The van der Waals surface area contributed by atoms with E-state index in [0.717, 1.165) is 0 Å². The lowest BCUT2D eigenvalue weighted by Crippen LogP contribution is -2.59. The van der Waals surface area contributed by atoms with Crippen molar-refractivity contribution in [1.82, 2.24) is 0 Å². The van der Waals surface area contributed by atoms with Crippen molar-refractivity contribution in [3.8, 4) is 0 Å². The quantitative estimate of drug-likeness (QED) is 0.293. The smallest absolute Gasteiger partial charge is 0.186 e. The highest BCUT2D eigenvalue weighted by Gasteiger charge is 2.44. The van der Waals surface area contributed by atoms with Gasteiger partial charge in [-0.15, -0.1) is 0 Å². The van der Waals surface area contributed by atoms with Gasteiger partial charge in [0.25, 0.3) is 0 Å². The third kappa shape index (κ3) is 3.57. The van der Waals surface area contributed by atoms with Gasteiger partial charge in [0.05, 0.1) is 19.8 Å². The maximum Gasteiger partial charge on any atom is 0.186 e. The third-order valence-electron chi connectivity index (χ3n) is 2.51. The Balaban J connectivity index is 2.53. The van der Waals surface area contributed by atoms with E-state index in [-0.39, 0.29) is 6.61 Å². The fourth-order valence-corrected chi connectivity index (χ4v) is 1.46. The molecule has 0 aromatic carbocycles. The maximum absolute atomic E-state index is 9.52. The van der Waals surface area contributed by atoms with Crippen LogP contribution in [-0.4, -0.2) is 87.3 Å². The highest BCUT2D eigenvalue weighted by molar-refractivity contribution is 4.88. The average molecular weight is 254 g/mol. The molecular formula is C9H18O8. The molecule has 6 N–H and O–H groups in total. The normalized spacial score (nSPS) is 40.2. The Morgan fingerprint density at radius 3 is 2.24 bits per heavy atom. The molecule has 6 atom stereocenters. The van der Waals surface area contributed by atoms with E-state index in [4.69, 9.17) is 24.8 Å². The lowest BCUT2D eigenvalue weighted by molar-refractivity contribution is -0.304. The Hall–Kier alpha value is -0.320. The fourth-order valence-electron chi connectivity index (χ4n) is 1.46. The first kappa shape index (κ1) is 14.7. The van der Waals surface area contributed by atoms with Crippen LogP contribution in [0.1, 0.15) is 0 Å². The van der Waals surface area contributed by atoms with E-state index in [9.17, 15) is 15.3 Å². The molecule has 0 amide bonds. The van der Waals surface area contributed by atoms with Crippen LogP contribution in [0.15, 0.2) is 0 Å². The lowest BCUT2D eigenvalue weighted by atomic mass is 9.99. The van der Waals surface area contributed by atoms with Gasteiger partial charge in [-0.1, -0.05) is 0 Å². The van der Waals surface area contributed by atoms with Gasteiger partial charge in [-0.2, -0.15) is 0 Å². The molecule has 0 radical (unpaired) electrons. The highest BCUT2D eigenvalue weighted by Crippen LogP contribution is 2.21. The number of hydrogen-bond acceptors (Lipinski definition) is 8. The minimum Gasteiger partial charge on any atom is -0.394 e. The van der Waals surface area contributed by atoms with E-state index in [1.165, 1.54) is 0 Å². The summed E-state index contributed by atoms with van der Waals surface area (Å²) < 4.78 is 9.93. The standard InChI is InChI=1S/C9H18O8/c10-1-4(12)3-16-9-8(15)7(14)6(13)5(2-11)17-9/h4-15H,1-3H2/t4?,5-,6-,7+,8-,9-/m1/s1. The molecular weight excluding hydrogens is 236 g/mol. The van der Waals surface area contributed by atoms with Gasteiger partial charge in [0.2, 0.25) is 0 Å². The molecule has 0 spiro atoms. The van der Waals surface area contributed by atoms with Crippen LogP contribution in [0.5, 0.6) is 0 Å². The molecule has 0 aliphatic carbocycles. The summed E-state index contributed by atoms with van der Waals surface area (Å²) in [6, 6.07) is 0. The SMILES string of the molecule is OCC(O)CO[C@@H]1O[C@H](CO)[C@@H](O)[C@H](O)[C@H]1O. The van der Waals surface area contributed by atoms with Gasteiger partial charge in [0.1, 0.15) is 30.5 Å². The van der Waals surface area contributed by atoms with E-state index < -0.39 is 50.0 Å². The van der Waals surface area contributed by atoms with E-state index in [1.54, 1.807) is 0 Å². The molecule has 0 saturated carbocycles. The maximum atomic E-state index is 9.52. The monoisotopic (exact) mass is 254 g/mol. The van der Waals surface area contributed by atoms with Gasteiger partial charge in [-0.3, -0.25) is 0 Å². The number of aliphatic hydroxyl groups excluding tert-OH is 6. The molecule has 1 heterocycles. The van der Waals surface area contributed by atoms with Crippen LogP contribution < -0.4 is 0 Å². The van der Waals surface area contributed by atoms with Crippen LogP contribution >= 0.6 is 0 Å². The molecule has 0 bridgehead atoms. The Morgan fingerprint density at radius 2 is 1.71 bits per heavy atom. The van der Waals surface area contributed by atoms with E-state index in [2.05, 4.69) is 0 Å². The van der Waals surface area contributed by atoms with Gasteiger partial charge >= 0.3 is 0 Å². The van der Waals surface area contributed by atoms with Gasteiger partial charge in [-0.05, 0) is 0 Å². The second-order valence-corrected chi connectivity index (χ2v) is 3.87. The van der Waals surface area contributed by atoms with Crippen molar-refractivity contribution in [3.63, 3.8) is 0 Å². The minimum absolute atomic E-state index is 0.306. The van der Waals surface area contributed by atoms with Crippen molar-refractivity contribution in [2.75, 3.05) is 19.8 Å². The van der Waals surface area contributed by atoms with Gasteiger partial charge in [0.15, 0.2) is 6.29 Å². The topological polar surface area (TPSA) is 140 Å². The zero-order valence-electron chi connectivity index (χ0n) is 9.09. The van der Waals surface area contributed by atoms with Crippen LogP contribution in [0.3, 0.4) is 0 Å². The molecule has 17 heavy (non-hydrogen) atoms. The Labute approximate surface area is 97.6 Å². The predicted molar refractivity (Wildman–Crippen MR) is 52.8 cm³/mol. The summed E-state index contributed by atoms with van der Waals surface area (Å²) in [4.78, 5) is 0. The fraction of sp³-hybridized carbons (Fsp3) is 1.00. The van der Waals surface area contributed by atoms with E-state index in [1.807, 2.05) is 0 Å². The molecule has 1 aliphatic rings. The summed E-state index contributed by atoms with van der Waals surface area (Å²) in [5.41, 5.74) is 0. The van der Waals surface area contributed by atoms with Gasteiger partial charge in [-0.25, -0.2) is 0 Å². The molecule has 1 rings (SSSR count). The number of ether oxygens (including phenoxy) is 2. The summed E-state index contributed by atoms with van der Waals surface area (Å²) in [7, 11) is 0. The Bertz CT molecular complexity index is 223. The molecule has 8 nitrogen and oxygen atoms in total. The average Bonchev–Trinajstić information content (AvgIpc) is 2.34. The molecule has 0 aromatic rings. The first-order chi connectivity index (χ1) is 8.01. The number of aliphatic hydroxyl groups is 6. The zero-order chi connectivity index (χ0) is 13.0. The molecule has 102 valence electrons. The summed E-state index contributed by atoms with van der Waals surface area (Å²) in [5, 5.41) is 54.9. The molecule has 1 aliphatic heterocycles. The summed E-state index contributed by atoms with van der Waals surface area (Å²) >= 11 is 0. The van der Waals surface area contributed by atoms with Crippen LogP contribution in [0.25, 0.3) is 0 Å². The Morgan fingerprint density at radius 1 is 1.06 bits per heavy atom. The predicted octanol–water partition coefficient (Wildman–Crippen LogP) is -3.84. The molecule has 8 heteroatoms. The van der Waals surface area contributed by atoms with Gasteiger partial charge < -0.3 is 40.1 Å². The minimum atomic E-state index is -1.52. The van der Waals surface area contributed by atoms with E-state index >= 15 is 0 Å². The number of rotatable bonds is 5. The van der Waals surface area contributed by atoms with Crippen LogP contribution in [-0.2, 0) is 9.47 Å². The van der Waals surface area contributed by atoms with Crippen molar-refractivity contribution in [3.05, 3.63) is 0 Å². The molecule has 0 aromatic heterocycles. The van der Waals surface area contributed by atoms with Crippen molar-refractivity contribution in [2.24, 2.45) is 0 Å². The molecule has 1 saturated heterocycles. The third-order valence-corrected chi connectivity index (χ3v) is 2.51. The number of hydrogen-bond donors (Lipinski definition) is 6. The lowest BCUT2D eigenvalue weighted by Gasteiger charge is -2.39. The van der Waals surface area contributed by atoms with Crippen LogP contribution in [0.4, 0.5) is 0 Å². The second kappa shape index (κ2) is 6.57. The molecule has 1 unspecified atom stereocenters. The summed E-state index contributed by atoms with van der Waals surface area (Å²) in [6.07, 6.45) is -7.94. The van der Waals surface area contributed by atoms with Crippen LogP contribution in [0, 0.1) is 0 Å². The van der Waals surface area contributed by atoms with Crippen LogP contribution in [0.2, 0.25) is 0 Å². The molecule has 1 fully saturated rings. The first-order valence-electron chi connectivity index (χ1n) is 5.22. The second-order valence-electron chi connectivity index (χ2n) is 3.87. The summed E-state index contributed by atoms with van der Waals surface area (Å²) in [6.45, 7) is -1.37. The highest BCUT2D eigenvalue weighted by atomic mass is 16.7. The largest absolute Gasteiger partial charge is 0.394 e. The van der Waals surface area contributed by atoms with E-state index in [0.29, 0.717) is 0 Å². The Kier molecular flexibility index (Phi) is 5.70. The van der Waals surface area contributed by atoms with Crippen molar-refractivity contribution < 1.29 is 40.1 Å². The van der Waals surface area contributed by atoms with Crippen molar-refractivity contribution in [2.45, 2.75) is 36.8 Å². The summed E-state index contributed by atoms with van der Waals surface area (Å²) in [5.74, 6) is 0. The van der Waals surface area contributed by atoms with Crippen molar-refractivity contribution >= 4 is 0 Å². The van der Waals surface area contributed by atoms with Gasteiger partial charge in [0, 0.05) is 0 Å². The van der Waals surface area contributed by atoms with Crippen molar-refractivity contribution in [1.29, 1.82) is 0 Å².